The van der Waals surface area contributed by atoms with Crippen molar-refractivity contribution in [2.75, 3.05) is 0 Å². The quantitative estimate of drug-likeness (QED) is 0.850. The molecule has 0 fully saturated rings. The van der Waals surface area contributed by atoms with Crippen LogP contribution in [0.15, 0.2) is 30.3 Å². The number of hydrogen-bond acceptors (Lipinski definition) is 3. The largest absolute Gasteiger partial charge is 0.323 e. The lowest BCUT2D eigenvalue weighted by molar-refractivity contribution is 0.746. The Bertz CT molecular complexity index is 563. The highest BCUT2D eigenvalue weighted by Crippen LogP contribution is 2.25. The number of nitrogens with two attached hydrogens (primary N) is 1. The highest BCUT2D eigenvalue weighted by molar-refractivity contribution is 6.30. The number of pyridine rings is 1. The zero-order valence-electron chi connectivity index (χ0n) is 8.93. The Kier molecular flexibility index (Phi) is 4.71. The zero-order chi connectivity index (χ0) is 11.5. The molecule has 88 valence electrons. The van der Waals surface area contributed by atoms with Gasteiger partial charge in [0.2, 0.25) is 0 Å². The van der Waals surface area contributed by atoms with Gasteiger partial charge in [0.25, 0.3) is 0 Å². The van der Waals surface area contributed by atoms with E-state index in [-0.39, 0.29) is 24.9 Å². The zero-order valence-corrected chi connectivity index (χ0v) is 10.5. The second-order valence-corrected chi connectivity index (χ2v) is 3.89. The maximum Gasteiger partial charge on any atom is 0.134 e. The molecule has 1 aromatic carbocycles. The highest BCUT2D eigenvalue weighted by atomic mass is 35.5. The van der Waals surface area contributed by atoms with Crippen molar-refractivity contribution < 1.29 is 0 Å². The normalized spacial score (nSPS) is 11.6. The number of rotatable bonds is 2. The van der Waals surface area contributed by atoms with Crippen LogP contribution in [0, 0.1) is 11.3 Å². The van der Waals surface area contributed by atoms with Gasteiger partial charge in [-0.25, -0.2) is 4.98 Å². The molecule has 0 aliphatic rings. The molecule has 0 saturated carbocycles. The van der Waals surface area contributed by atoms with E-state index in [2.05, 4.69) is 4.98 Å². The van der Waals surface area contributed by atoms with E-state index in [1.54, 1.807) is 0 Å². The Morgan fingerprint density at radius 2 is 2.12 bits per heavy atom. The molecule has 0 saturated heterocycles. The van der Waals surface area contributed by atoms with Crippen LogP contribution in [0.2, 0.25) is 5.15 Å². The molecule has 0 bridgehead atoms. The Morgan fingerprint density at radius 1 is 1.41 bits per heavy atom. The first-order valence-electron chi connectivity index (χ1n) is 4.90. The molecule has 0 aliphatic carbocycles. The smallest absolute Gasteiger partial charge is 0.134 e. The van der Waals surface area contributed by atoms with E-state index in [1.165, 1.54) is 0 Å². The van der Waals surface area contributed by atoms with Gasteiger partial charge in [-0.05, 0) is 12.1 Å². The van der Waals surface area contributed by atoms with Crippen molar-refractivity contribution in [1.29, 1.82) is 5.26 Å². The summed E-state index contributed by atoms with van der Waals surface area (Å²) in [6, 6.07) is 11.2. The average molecular weight is 268 g/mol. The molecule has 2 rings (SSSR count). The lowest BCUT2D eigenvalue weighted by atomic mass is 10.1. The predicted octanol–water partition coefficient (Wildman–Crippen LogP) is 3.22. The van der Waals surface area contributed by atoms with E-state index < -0.39 is 0 Å². The Morgan fingerprint density at radius 3 is 2.82 bits per heavy atom. The molecular formula is C12H11Cl2N3. The third kappa shape index (κ3) is 2.86. The molecule has 0 spiro atoms. The summed E-state index contributed by atoms with van der Waals surface area (Å²) in [7, 11) is 0. The lowest BCUT2D eigenvalue weighted by Crippen LogP contribution is -2.10. The van der Waals surface area contributed by atoms with Crippen LogP contribution < -0.4 is 5.73 Å². The van der Waals surface area contributed by atoms with Crippen LogP contribution in [0.3, 0.4) is 0 Å². The maximum absolute atomic E-state index is 8.61. The molecule has 3 nitrogen and oxygen atoms in total. The summed E-state index contributed by atoms with van der Waals surface area (Å²) in [5.74, 6) is 0. The monoisotopic (exact) mass is 267 g/mol. The summed E-state index contributed by atoms with van der Waals surface area (Å²) < 4.78 is 0. The van der Waals surface area contributed by atoms with Crippen LogP contribution in [-0.2, 0) is 0 Å². The summed E-state index contributed by atoms with van der Waals surface area (Å²) in [6.07, 6.45) is 0.236. The molecule has 0 aliphatic heterocycles. The Hall–Kier alpha value is -1.34. The second-order valence-electron chi connectivity index (χ2n) is 3.53. The van der Waals surface area contributed by atoms with Crippen molar-refractivity contribution in [1.82, 2.24) is 4.98 Å². The first-order chi connectivity index (χ1) is 7.72. The summed E-state index contributed by atoms with van der Waals surface area (Å²) in [5.41, 5.74) is 7.41. The molecule has 5 heteroatoms. The first kappa shape index (κ1) is 13.7. The third-order valence-electron chi connectivity index (χ3n) is 2.42. The Balaban J connectivity index is 0.00000144. The third-order valence-corrected chi connectivity index (χ3v) is 2.72. The van der Waals surface area contributed by atoms with Gasteiger partial charge in [0, 0.05) is 17.0 Å². The van der Waals surface area contributed by atoms with Crippen LogP contribution >= 0.6 is 24.0 Å². The van der Waals surface area contributed by atoms with Gasteiger partial charge >= 0.3 is 0 Å². The maximum atomic E-state index is 8.61. The molecule has 0 amide bonds. The predicted molar refractivity (Wildman–Crippen MR) is 71.2 cm³/mol. The highest BCUT2D eigenvalue weighted by Gasteiger charge is 2.12. The molecular weight excluding hydrogens is 257 g/mol. The number of para-hydroxylation sites is 1. The molecule has 0 radical (unpaired) electrons. The molecule has 1 atom stereocenters. The molecule has 17 heavy (non-hydrogen) atoms. The topological polar surface area (TPSA) is 62.7 Å². The second kappa shape index (κ2) is 5.83. The minimum atomic E-state index is -0.380. The summed E-state index contributed by atoms with van der Waals surface area (Å²) in [5, 5.41) is 9.97. The summed E-state index contributed by atoms with van der Waals surface area (Å²) in [4.78, 5) is 4.25. The van der Waals surface area contributed by atoms with E-state index in [1.807, 2.05) is 36.4 Å². The van der Waals surface area contributed by atoms with Gasteiger partial charge in [-0.15, -0.1) is 12.4 Å². The van der Waals surface area contributed by atoms with Crippen molar-refractivity contribution in [3.8, 4) is 6.07 Å². The number of fused-ring (bicyclic) bond motifs is 1. The van der Waals surface area contributed by atoms with Crippen molar-refractivity contribution in [2.24, 2.45) is 5.73 Å². The van der Waals surface area contributed by atoms with E-state index in [0.29, 0.717) is 5.15 Å². The molecule has 2 aromatic rings. The van der Waals surface area contributed by atoms with E-state index >= 15 is 0 Å². The first-order valence-corrected chi connectivity index (χ1v) is 5.28. The summed E-state index contributed by atoms with van der Waals surface area (Å²) >= 11 is 6.03. The molecule has 1 aromatic heterocycles. The van der Waals surface area contributed by atoms with E-state index in [9.17, 15) is 0 Å². The van der Waals surface area contributed by atoms with Gasteiger partial charge in [-0.1, -0.05) is 29.8 Å². The fraction of sp³-hybridized carbons (Fsp3) is 0.167. The van der Waals surface area contributed by atoms with Crippen LogP contribution in [-0.4, -0.2) is 4.98 Å². The van der Waals surface area contributed by atoms with Gasteiger partial charge in [0.05, 0.1) is 18.0 Å². The van der Waals surface area contributed by atoms with Crippen LogP contribution in [0.25, 0.3) is 10.9 Å². The summed E-state index contributed by atoms with van der Waals surface area (Å²) in [6.45, 7) is 0. The van der Waals surface area contributed by atoms with Crippen molar-refractivity contribution >= 4 is 34.9 Å². The van der Waals surface area contributed by atoms with Gasteiger partial charge in [0.15, 0.2) is 0 Å². The SMILES string of the molecule is Cl.N#CC[C@@H](N)c1cc2ccccc2nc1Cl. The van der Waals surface area contributed by atoms with Gasteiger partial charge in [-0.3, -0.25) is 0 Å². The standard InChI is InChI=1S/C12H10ClN3.ClH/c13-12-9(10(15)5-6-14)7-8-3-1-2-4-11(8)16-12;/h1-4,7,10H,5,15H2;1H/t10-;/m1./s1. The molecule has 2 N–H and O–H groups in total. The van der Waals surface area contributed by atoms with Crippen molar-refractivity contribution in [2.45, 2.75) is 12.5 Å². The minimum absolute atomic E-state index is 0. The number of benzene rings is 1. The fourth-order valence-corrected chi connectivity index (χ4v) is 1.86. The molecule has 1 heterocycles. The van der Waals surface area contributed by atoms with Gasteiger partial charge < -0.3 is 5.73 Å². The fourth-order valence-electron chi connectivity index (χ4n) is 1.58. The van der Waals surface area contributed by atoms with Crippen LogP contribution in [0.5, 0.6) is 0 Å². The lowest BCUT2D eigenvalue weighted by Gasteiger charge is -2.10. The van der Waals surface area contributed by atoms with Gasteiger partial charge in [0.1, 0.15) is 5.15 Å². The van der Waals surface area contributed by atoms with Crippen molar-refractivity contribution in [3.63, 3.8) is 0 Å². The van der Waals surface area contributed by atoms with Crippen LogP contribution in [0.1, 0.15) is 18.0 Å². The number of aromatic nitrogens is 1. The Labute approximate surface area is 111 Å². The number of halogens is 2. The number of hydrogen-bond donors (Lipinski definition) is 1. The van der Waals surface area contributed by atoms with Gasteiger partial charge in [-0.2, -0.15) is 5.26 Å². The number of nitrogens with zero attached hydrogens (tertiary/aromatic N) is 2. The minimum Gasteiger partial charge on any atom is -0.323 e. The van der Waals surface area contributed by atoms with Crippen molar-refractivity contribution in [3.05, 3.63) is 41.0 Å². The molecule has 0 unspecified atom stereocenters. The average Bonchev–Trinajstić information content (AvgIpc) is 2.28. The number of nitriles is 1. The van der Waals surface area contributed by atoms with Crippen LogP contribution in [0.4, 0.5) is 0 Å². The van der Waals surface area contributed by atoms with E-state index in [4.69, 9.17) is 22.6 Å². The van der Waals surface area contributed by atoms with E-state index in [0.717, 1.165) is 16.5 Å².